The van der Waals surface area contributed by atoms with Gasteiger partial charge >= 0.3 is 0 Å². The summed E-state index contributed by atoms with van der Waals surface area (Å²) in [7, 11) is 1.67. The average Bonchev–Trinajstić information content (AvgIpc) is 2.86. The first kappa shape index (κ1) is 23.0. The number of rotatable bonds is 9. The van der Waals surface area contributed by atoms with E-state index in [0.29, 0.717) is 43.2 Å². The van der Waals surface area contributed by atoms with Crippen molar-refractivity contribution in [1.29, 1.82) is 5.41 Å². The van der Waals surface area contributed by atoms with E-state index in [4.69, 9.17) is 36.5 Å². The van der Waals surface area contributed by atoms with Crippen LogP contribution in [-0.2, 0) is 9.47 Å². The number of morpholine rings is 1. The van der Waals surface area contributed by atoms with Crippen molar-refractivity contribution in [2.45, 2.75) is 0 Å². The van der Waals surface area contributed by atoms with Crippen LogP contribution in [-0.4, -0.2) is 62.7 Å². The van der Waals surface area contributed by atoms with E-state index in [1.807, 2.05) is 48.5 Å². The van der Waals surface area contributed by atoms with E-state index in [2.05, 4.69) is 15.5 Å². The van der Waals surface area contributed by atoms with Crippen molar-refractivity contribution < 1.29 is 9.47 Å². The van der Waals surface area contributed by atoms with Crippen LogP contribution in [0.3, 0.4) is 0 Å². The molecular formula is C24H27ClN6O2. The zero-order chi connectivity index (χ0) is 23.0. The molecule has 0 unspecified atom stereocenters. The van der Waals surface area contributed by atoms with Crippen molar-refractivity contribution in [3.8, 4) is 11.3 Å². The minimum Gasteiger partial charge on any atom is -0.383 e. The second kappa shape index (κ2) is 11.1. The lowest BCUT2D eigenvalue weighted by Crippen LogP contribution is -2.37. The minimum atomic E-state index is 0.575. The SMILES string of the molecule is COCCNc1cc(-c2cc(Nc3ccc(Cl)cc3)nc(N3CCOCC3)n2)ccc1C=N. The largest absolute Gasteiger partial charge is 0.383 e. The van der Waals surface area contributed by atoms with Gasteiger partial charge in [0, 0.05) is 66.5 Å². The molecule has 0 aliphatic carbocycles. The molecule has 1 aliphatic rings. The van der Waals surface area contributed by atoms with Crippen LogP contribution in [0.1, 0.15) is 5.56 Å². The minimum absolute atomic E-state index is 0.575. The first-order chi connectivity index (χ1) is 16.2. The quantitative estimate of drug-likeness (QED) is 0.317. The Morgan fingerprint density at radius 2 is 1.91 bits per heavy atom. The van der Waals surface area contributed by atoms with E-state index >= 15 is 0 Å². The normalized spacial score (nSPS) is 13.6. The number of halogens is 1. The average molecular weight is 467 g/mol. The Labute approximate surface area is 198 Å². The Bertz CT molecular complexity index is 1090. The van der Waals surface area contributed by atoms with E-state index in [1.54, 1.807) is 7.11 Å². The summed E-state index contributed by atoms with van der Waals surface area (Å²) in [6, 6.07) is 15.3. The summed E-state index contributed by atoms with van der Waals surface area (Å²) in [4.78, 5) is 11.8. The maximum absolute atomic E-state index is 7.72. The Morgan fingerprint density at radius 1 is 1.12 bits per heavy atom. The van der Waals surface area contributed by atoms with Gasteiger partial charge < -0.3 is 30.4 Å². The number of benzene rings is 2. The molecule has 33 heavy (non-hydrogen) atoms. The highest BCUT2D eigenvalue weighted by atomic mass is 35.5. The second-order valence-electron chi connectivity index (χ2n) is 7.54. The van der Waals surface area contributed by atoms with Crippen LogP contribution < -0.4 is 15.5 Å². The molecule has 1 aromatic heterocycles. The molecule has 0 spiro atoms. The van der Waals surface area contributed by atoms with Gasteiger partial charge in [-0.3, -0.25) is 0 Å². The fourth-order valence-corrected chi connectivity index (χ4v) is 3.64. The molecule has 8 nitrogen and oxygen atoms in total. The third-order valence-electron chi connectivity index (χ3n) is 5.25. The van der Waals surface area contributed by atoms with Crippen molar-refractivity contribution in [3.05, 3.63) is 59.1 Å². The van der Waals surface area contributed by atoms with Gasteiger partial charge in [0.15, 0.2) is 0 Å². The van der Waals surface area contributed by atoms with E-state index in [0.717, 1.165) is 41.3 Å². The van der Waals surface area contributed by atoms with Crippen molar-refractivity contribution in [2.75, 3.05) is 62.1 Å². The van der Waals surface area contributed by atoms with Crippen LogP contribution in [0.2, 0.25) is 5.02 Å². The van der Waals surface area contributed by atoms with Gasteiger partial charge in [0.25, 0.3) is 0 Å². The van der Waals surface area contributed by atoms with Gasteiger partial charge in [0.1, 0.15) is 5.82 Å². The first-order valence-electron chi connectivity index (χ1n) is 10.8. The van der Waals surface area contributed by atoms with Gasteiger partial charge in [-0.2, -0.15) is 4.98 Å². The highest BCUT2D eigenvalue weighted by Crippen LogP contribution is 2.29. The summed E-state index contributed by atoms with van der Waals surface area (Å²) in [5.41, 5.74) is 4.26. The molecule has 2 heterocycles. The van der Waals surface area contributed by atoms with Gasteiger partial charge in [-0.25, -0.2) is 4.98 Å². The Kier molecular flexibility index (Phi) is 7.72. The zero-order valence-corrected chi connectivity index (χ0v) is 19.2. The third-order valence-corrected chi connectivity index (χ3v) is 5.50. The lowest BCUT2D eigenvalue weighted by atomic mass is 10.1. The molecule has 1 aliphatic heterocycles. The second-order valence-corrected chi connectivity index (χ2v) is 7.97. The molecule has 1 fully saturated rings. The zero-order valence-electron chi connectivity index (χ0n) is 18.5. The molecule has 0 atom stereocenters. The summed E-state index contributed by atoms with van der Waals surface area (Å²) in [5, 5.41) is 15.1. The molecule has 0 saturated carbocycles. The van der Waals surface area contributed by atoms with E-state index in [1.165, 1.54) is 6.21 Å². The molecule has 0 radical (unpaired) electrons. The summed E-state index contributed by atoms with van der Waals surface area (Å²) >= 11 is 6.03. The standard InChI is InChI=1S/C24H27ClN6O2/c1-32-11-8-27-21-14-17(2-3-18(21)16-26)22-15-23(28-20-6-4-19(25)5-7-20)30-24(29-22)31-9-12-33-13-10-31/h2-7,14-16,26-27H,8-13H2,1H3,(H,28,29,30). The number of methoxy groups -OCH3 is 1. The van der Waals surface area contributed by atoms with Gasteiger partial charge in [-0.05, 0) is 30.3 Å². The lowest BCUT2D eigenvalue weighted by Gasteiger charge is -2.27. The number of aromatic nitrogens is 2. The van der Waals surface area contributed by atoms with Crippen LogP contribution in [0, 0.1) is 5.41 Å². The molecule has 1 saturated heterocycles. The Balaban J connectivity index is 1.70. The third kappa shape index (κ3) is 5.98. The van der Waals surface area contributed by atoms with Crippen LogP contribution in [0.5, 0.6) is 0 Å². The van der Waals surface area contributed by atoms with Crippen LogP contribution >= 0.6 is 11.6 Å². The molecule has 2 aromatic carbocycles. The molecule has 4 rings (SSSR count). The van der Waals surface area contributed by atoms with Crippen LogP contribution in [0.15, 0.2) is 48.5 Å². The topological polar surface area (TPSA) is 95.4 Å². The van der Waals surface area contributed by atoms with Crippen molar-refractivity contribution in [1.82, 2.24) is 9.97 Å². The number of anilines is 4. The van der Waals surface area contributed by atoms with Crippen molar-refractivity contribution >= 4 is 41.0 Å². The van der Waals surface area contributed by atoms with Gasteiger partial charge in [0.05, 0.1) is 25.5 Å². The van der Waals surface area contributed by atoms with E-state index in [-0.39, 0.29) is 0 Å². The number of nitrogens with one attached hydrogen (secondary N) is 3. The van der Waals surface area contributed by atoms with Gasteiger partial charge in [-0.1, -0.05) is 23.7 Å². The molecule has 0 bridgehead atoms. The highest BCUT2D eigenvalue weighted by molar-refractivity contribution is 6.30. The number of hydrogen-bond donors (Lipinski definition) is 3. The smallest absolute Gasteiger partial charge is 0.228 e. The number of ether oxygens (including phenoxy) is 2. The van der Waals surface area contributed by atoms with Crippen molar-refractivity contribution in [2.24, 2.45) is 0 Å². The van der Waals surface area contributed by atoms with Gasteiger partial charge in [-0.15, -0.1) is 0 Å². The predicted molar refractivity (Wildman–Crippen MR) is 133 cm³/mol. The summed E-state index contributed by atoms with van der Waals surface area (Å²) in [5.74, 6) is 1.34. The maximum Gasteiger partial charge on any atom is 0.228 e. The maximum atomic E-state index is 7.72. The lowest BCUT2D eigenvalue weighted by molar-refractivity contribution is 0.122. The molecule has 9 heteroatoms. The molecular weight excluding hydrogens is 440 g/mol. The number of hydrogen-bond acceptors (Lipinski definition) is 8. The van der Waals surface area contributed by atoms with Gasteiger partial charge in [0.2, 0.25) is 5.95 Å². The monoisotopic (exact) mass is 466 g/mol. The van der Waals surface area contributed by atoms with Crippen LogP contribution in [0.4, 0.5) is 23.1 Å². The van der Waals surface area contributed by atoms with Crippen molar-refractivity contribution in [3.63, 3.8) is 0 Å². The summed E-state index contributed by atoms with van der Waals surface area (Å²) in [6.07, 6.45) is 1.34. The summed E-state index contributed by atoms with van der Waals surface area (Å²) in [6.45, 7) is 3.99. The summed E-state index contributed by atoms with van der Waals surface area (Å²) < 4.78 is 10.6. The fraction of sp³-hybridized carbons (Fsp3) is 0.292. The Morgan fingerprint density at radius 3 is 2.64 bits per heavy atom. The number of nitrogens with zero attached hydrogens (tertiary/aromatic N) is 3. The van der Waals surface area contributed by atoms with E-state index < -0.39 is 0 Å². The van der Waals surface area contributed by atoms with E-state index in [9.17, 15) is 0 Å². The highest BCUT2D eigenvalue weighted by Gasteiger charge is 2.17. The molecule has 3 N–H and O–H groups in total. The molecule has 3 aromatic rings. The molecule has 172 valence electrons. The Hall–Kier alpha value is -3.20. The van der Waals surface area contributed by atoms with Crippen LogP contribution in [0.25, 0.3) is 11.3 Å². The predicted octanol–water partition coefficient (Wildman–Crippen LogP) is 4.43. The first-order valence-corrected chi connectivity index (χ1v) is 11.2. The molecule has 0 amide bonds. The fourth-order valence-electron chi connectivity index (χ4n) is 3.51.